The van der Waals surface area contributed by atoms with Gasteiger partial charge in [-0.2, -0.15) is 0 Å². The van der Waals surface area contributed by atoms with Crippen molar-refractivity contribution in [3.8, 4) is 11.5 Å². The van der Waals surface area contributed by atoms with Gasteiger partial charge in [0.25, 0.3) is 0 Å². The highest BCUT2D eigenvalue weighted by Crippen LogP contribution is 2.27. The van der Waals surface area contributed by atoms with Crippen molar-refractivity contribution in [1.29, 1.82) is 0 Å². The number of phenols is 2. The fraction of sp³-hybridized carbons (Fsp3) is 0.400. The fourth-order valence-corrected chi connectivity index (χ4v) is 1.30. The molecule has 0 aliphatic carbocycles. The summed E-state index contributed by atoms with van der Waals surface area (Å²) in [6.07, 6.45) is -0.636. The molecule has 0 saturated heterocycles. The van der Waals surface area contributed by atoms with Gasteiger partial charge >= 0.3 is 0 Å². The summed E-state index contributed by atoms with van der Waals surface area (Å²) in [7, 11) is 0. The lowest BCUT2D eigenvalue weighted by Crippen LogP contribution is -3.00. The molecule has 1 unspecified atom stereocenters. The van der Waals surface area contributed by atoms with Gasteiger partial charge in [-0.3, -0.25) is 0 Å². The predicted octanol–water partition coefficient (Wildman–Crippen LogP) is -8.06. The molecular formula is C10H18Cl2N2O3. The molecule has 0 heterocycles. The Balaban J connectivity index is 0. The Hall–Kier alpha value is -0.720. The van der Waals surface area contributed by atoms with Gasteiger partial charge in [-0.1, -0.05) is 6.07 Å². The van der Waals surface area contributed by atoms with E-state index in [1.54, 1.807) is 6.07 Å². The van der Waals surface area contributed by atoms with Crippen LogP contribution in [0.4, 0.5) is 0 Å². The molecule has 1 aromatic carbocycles. The van der Waals surface area contributed by atoms with E-state index in [1.165, 1.54) is 12.1 Å². The van der Waals surface area contributed by atoms with Gasteiger partial charge in [0.15, 0.2) is 11.5 Å². The third-order valence-electron chi connectivity index (χ3n) is 2.18. The molecule has 0 aromatic heterocycles. The number of aliphatic hydroxyl groups excluding tert-OH is 1. The Morgan fingerprint density at radius 1 is 1.18 bits per heavy atom. The lowest BCUT2D eigenvalue weighted by molar-refractivity contribution is -0.676. The molecule has 1 atom stereocenters. The molecule has 7 heteroatoms. The van der Waals surface area contributed by atoms with Gasteiger partial charge in [-0.05, 0) is 17.7 Å². The standard InChI is InChI=1S/C10H16N2O3.2ClH/c11-3-4-12-6-10(15)7-1-2-8(13)9(14)5-7;;/h1-2,5,10,12-15H,3-4,6,11H2;2*1H. The maximum atomic E-state index is 9.72. The van der Waals surface area contributed by atoms with Crippen LogP contribution in [0.25, 0.3) is 0 Å². The largest absolute Gasteiger partial charge is 1.00 e. The zero-order valence-electron chi connectivity index (χ0n) is 9.31. The lowest BCUT2D eigenvalue weighted by Gasteiger charge is -2.09. The van der Waals surface area contributed by atoms with Crippen LogP contribution in [0.5, 0.6) is 11.5 Å². The number of quaternary nitrogens is 2. The monoisotopic (exact) mass is 284 g/mol. The highest BCUT2D eigenvalue weighted by atomic mass is 35.5. The van der Waals surface area contributed by atoms with Gasteiger partial charge in [-0.15, -0.1) is 0 Å². The minimum absolute atomic E-state index is 0. The van der Waals surface area contributed by atoms with Gasteiger partial charge in [-0.25, -0.2) is 0 Å². The molecular weight excluding hydrogens is 267 g/mol. The van der Waals surface area contributed by atoms with E-state index in [2.05, 4.69) is 5.73 Å². The highest BCUT2D eigenvalue weighted by molar-refractivity contribution is 5.41. The third-order valence-corrected chi connectivity index (χ3v) is 2.18. The van der Waals surface area contributed by atoms with Crippen molar-refractivity contribution in [3.63, 3.8) is 0 Å². The second-order valence-electron chi connectivity index (χ2n) is 3.43. The first-order valence-corrected chi connectivity index (χ1v) is 4.96. The summed E-state index contributed by atoms with van der Waals surface area (Å²) in [4.78, 5) is 0. The van der Waals surface area contributed by atoms with Crippen molar-refractivity contribution in [2.75, 3.05) is 19.6 Å². The normalized spacial score (nSPS) is 11.2. The number of aromatic hydroxyl groups is 2. The molecule has 17 heavy (non-hydrogen) atoms. The Morgan fingerprint density at radius 3 is 2.35 bits per heavy atom. The molecule has 0 aliphatic heterocycles. The molecule has 0 amide bonds. The number of aliphatic hydroxyl groups is 1. The van der Waals surface area contributed by atoms with Crippen LogP contribution < -0.4 is 35.9 Å². The summed E-state index contributed by atoms with van der Waals surface area (Å²) in [5.41, 5.74) is 4.30. The molecule has 0 bridgehead atoms. The SMILES string of the molecule is [Cl-].[Cl-].[NH3+]CC[NH2+]CC(O)c1ccc(O)c(O)c1. The lowest BCUT2D eigenvalue weighted by atomic mass is 10.1. The summed E-state index contributed by atoms with van der Waals surface area (Å²) < 4.78 is 0. The van der Waals surface area contributed by atoms with E-state index < -0.39 is 6.10 Å². The van der Waals surface area contributed by atoms with E-state index in [-0.39, 0.29) is 36.3 Å². The molecule has 1 rings (SSSR count). The number of nitrogens with two attached hydrogens (primary N) is 1. The van der Waals surface area contributed by atoms with Gasteiger partial charge in [0, 0.05) is 0 Å². The molecule has 8 N–H and O–H groups in total. The Bertz CT molecular complexity index is 326. The first-order valence-electron chi connectivity index (χ1n) is 4.96. The van der Waals surface area contributed by atoms with Crippen LogP contribution in [-0.4, -0.2) is 35.0 Å². The highest BCUT2D eigenvalue weighted by Gasteiger charge is 2.11. The van der Waals surface area contributed by atoms with Crippen molar-refractivity contribution in [3.05, 3.63) is 23.8 Å². The molecule has 0 aliphatic rings. The fourth-order valence-electron chi connectivity index (χ4n) is 1.30. The van der Waals surface area contributed by atoms with E-state index in [0.717, 1.165) is 13.1 Å². The van der Waals surface area contributed by atoms with Crippen LogP contribution >= 0.6 is 0 Å². The Morgan fingerprint density at radius 2 is 1.82 bits per heavy atom. The van der Waals surface area contributed by atoms with Gasteiger partial charge < -0.3 is 51.2 Å². The molecule has 0 saturated carbocycles. The van der Waals surface area contributed by atoms with Crippen molar-refractivity contribution < 1.29 is 51.2 Å². The van der Waals surface area contributed by atoms with Crippen LogP contribution in [0.1, 0.15) is 11.7 Å². The average molecular weight is 285 g/mol. The average Bonchev–Trinajstić information content (AvgIpc) is 2.22. The van der Waals surface area contributed by atoms with Crippen molar-refractivity contribution in [1.82, 2.24) is 0 Å². The first kappa shape index (κ1) is 18.6. The van der Waals surface area contributed by atoms with E-state index in [1.807, 2.05) is 5.32 Å². The molecule has 0 radical (unpaired) electrons. The predicted molar refractivity (Wildman–Crippen MR) is 54.1 cm³/mol. The third kappa shape index (κ3) is 5.95. The van der Waals surface area contributed by atoms with Gasteiger partial charge in [0.1, 0.15) is 25.7 Å². The molecule has 5 nitrogen and oxygen atoms in total. The smallest absolute Gasteiger partial charge is 0.157 e. The quantitative estimate of drug-likeness (QED) is 0.274. The minimum Gasteiger partial charge on any atom is -1.00 e. The van der Waals surface area contributed by atoms with Crippen molar-refractivity contribution >= 4 is 0 Å². The first-order chi connectivity index (χ1) is 7.15. The Labute approximate surface area is 112 Å². The number of hydrogen-bond donors (Lipinski definition) is 5. The second-order valence-corrected chi connectivity index (χ2v) is 3.43. The number of halogens is 2. The summed E-state index contributed by atoms with van der Waals surface area (Å²) in [6.45, 7) is 2.20. The van der Waals surface area contributed by atoms with E-state index in [9.17, 15) is 10.2 Å². The summed E-state index contributed by atoms with van der Waals surface area (Å²) >= 11 is 0. The van der Waals surface area contributed by atoms with Crippen LogP contribution in [0.2, 0.25) is 0 Å². The summed E-state index contributed by atoms with van der Waals surface area (Å²) in [6, 6.07) is 4.34. The number of phenolic OH excluding ortho intramolecular Hbond substituents is 2. The maximum absolute atomic E-state index is 9.72. The summed E-state index contributed by atoms with van der Waals surface area (Å²) in [5, 5.41) is 30.0. The van der Waals surface area contributed by atoms with Gasteiger partial charge in [0.2, 0.25) is 0 Å². The van der Waals surface area contributed by atoms with Crippen LogP contribution in [0, 0.1) is 0 Å². The second kappa shape index (κ2) is 9.32. The zero-order valence-corrected chi connectivity index (χ0v) is 10.8. The van der Waals surface area contributed by atoms with Crippen LogP contribution in [0.3, 0.4) is 0 Å². The number of hydrogen-bond acceptors (Lipinski definition) is 3. The van der Waals surface area contributed by atoms with Gasteiger partial charge in [0.05, 0.1) is 0 Å². The van der Waals surface area contributed by atoms with E-state index in [0.29, 0.717) is 12.1 Å². The number of benzene rings is 1. The molecule has 0 spiro atoms. The van der Waals surface area contributed by atoms with E-state index >= 15 is 0 Å². The van der Waals surface area contributed by atoms with Crippen molar-refractivity contribution in [2.24, 2.45) is 0 Å². The zero-order chi connectivity index (χ0) is 11.3. The maximum Gasteiger partial charge on any atom is 0.157 e. The van der Waals surface area contributed by atoms with Crippen LogP contribution in [0.15, 0.2) is 18.2 Å². The van der Waals surface area contributed by atoms with Crippen LogP contribution in [-0.2, 0) is 0 Å². The minimum atomic E-state index is -0.636. The molecule has 0 fully saturated rings. The van der Waals surface area contributed by atoms with E-state index in [4.69, 9.17) is 5.11 Å². The number of rotatable bonds is 5. The summed E-state index contributed by atoms with van der Waals surface area (Å²) in [5.74, 6) is -0.378. The topological polar surface area (TPSA) is 105 Å². The molecule has 1 aromatic rings. The molecule has 100 valence electrons. The van der Waals surface area contributed by atoms with Crippen molar-refractivity contribution in [2.45, 2.75) is 6.10 Å². The Kier molecular flexibility index (Phi) is 10.2.